The molecule has 0 bridgehead atoms. The topological polar surface area (TPSA) is 24.9 Å². The Balaban J connectivity index is 1.33. The molecule has 4 heteroatoms. The Hall–Kier alpha value is -2.62. The van der Waals surface area contributed by atoms with Crippen molar-refractivity contribution in [2.24, 2.45) is 0 Å². The lowest BCUT2D eigenvalue weighted by atomic mass is 9.92. The summed E-state index contributed by atoms with van der Waals surface area (Å²) in [5.74, 6) is 1.78. The first kappa shape index (κ1) is 18.7. The van der Waals surface area contributed by atoms with E-state index in [0.717, 1.165) is 29.8 Å². The number of benzene rings is 2. The molecule has 0 unspecified atom stereocenters. The molecule has 1 fully saturated rings. The van der Waals surface area contributed by atoms with E-state index in [1.54, 1.807) is 0 Å². The molecule has 2 aromatic rings. The van der Waals surface area contributed by atoms with Crippen molar-refractivity contribution in [2.45, 2.75) is 58.3 Å². The average molecular weight is 379 g/mol. The van der Waals surface area contributed by atoms with Gasteiger partial charge in [0.2, 0.25) is 0 Å². The molecule has 0 saturated heterocycles. The van der Waals surface area contributed by atoms with Crippen LogP contribution in [-0.4, -0.2) is 23.2 Å². The molecule has 28 heavy (non-hydrogen) atoms. The standard InChI is InChI=1S/C24H30N2O2/c1-24(2,3)28-22-12-10-19(11-13-22)17-27-23-9-5-8-21(16-23)26-15-14-25(18-26)20-6-4-7-20/h5,8-16,20H,4,6-7,17-18H2,1-3H3. The fourth-order valence-corrected chi connectivity index (χ4v) is 3.49. The number of anilines is 1. The Morgan fingerprint density at radius 2 is 1.75 bits per heavy atom. The summed E-state index contributed by atoms with van der Waals surface area (Å²) in [6.07, 6.45) is 8.40. The molecule has 0 N–H and O–H groups in total. The molecule has 0 amide bonds. The number of rotatable bonds is 6. The first-order valence-electron chi connectivity index (χ1n) is 10.2. The van der Waals surface area contributed by atoms with Gasteiger partial charge in [0, 0.05) is 30.2 Å². The van der Waals surface area contributed by atoms with Gasteiger partial charge in [0.15, 0.2) is 0 Å². The van der Waals surface area contributed by atoms with Gasteiger partial charge in [-0.25, -0.2) is 0 Å². The summed E-state index contributed by atoms with van der Waals surface area (Å²) in [6.45, 7) is 7.64. The third-order valence-corrected chi connectivity index (χ3v) is 5.20. The second-order valence-electron chi connectivity index (χ2n) is 8.65. The zero-order valence-corrected chi connectivity index (χ0v) is 17.1. The van der Waals surface area contributed by atoms with Crippen molar-refractivity contribution in [1.29, 1.82) is 0 Å². The van der Waals surface area contributed by atoms with E-state index in [1.165, 1.54) is 24.9 Å². The van der Waals surface area contributed by atoms with Crippen molar-refractivity contribution in [2.75, 3.05) is 11.6 Å². The highest BCUT2D eigenvalue weighted by atomic mass is 16.5. The zero-order valence-electron chi connectivity index (χ0n) is 17.1. The SMILES string of the molecule is CC(C)(C)Oc1ccc(COc2cccc(N3C=CN(C4CCC4)C3)c2)cc1. The predicted molar refractivity (Wildman–Crippen MR) is 114 cm³/mol. The second kappa shape index (κ2) is 7.78. The molecule has 1 saturated carbocycles. The molecule has 0 aromatic heterocycles. The Labute approximate surface area is 168 Å². The Kier molecular flexibility index (Phi) is 5.21. The first-order chi connectivity index (χ1) is 13.5. The number of hydrogen-bond donors (Lipinski definition) is 0. The van der Waals surface area contributed by atoms with Crippen molar-refractivity contribution in [3.63, 3.8) is 0 Å². The molecule has 2 aliphatic rings. The number of nitrogens with zero attached hydrogens (tertiary/aromatic N) is 2. The van der Waals surface area contributed by atoms with Crippen molar-refractivity contribution in [3.8, 4) is 11.5 Å². The van der Waals surface area contributed by atoms with Crippen molar-refractivity contribution >= 4 is 5.69 Å². The summed E-state index contributed by atoms with van der Waals surface area (Å²) in [6, 6.07) is 17.2. The van der Waals surface area contributed by atoms with E-state index in [0.29, 0.717) is 6.61 Å². The maximum absolute atomic E-state index is 6.03. The van der Waals surface area contributed by atoms with Gasteiger partial charge >= 0.3 is 0 Å². The van der Waals surface area contributed by atoms with Crippen LogP contribution in [0.5, 0.6) is 11.5 Å². The van der Waals surface area contributed by atoms with Crippen LogP contribution in [-0.2, 0) is 6.61 Å². The van der Waals surface area contributed by atoms with Crippen LogP contribution in [0.15, 0.2) is 60.9 Å². The third-order valence-electron chi connectivity index (χ3n) is 5.20. The lowest BCUT2D eigenvalue weighted by molar-refractivity contribution is 0.131. The minimum atomic E-state index is -0.184. The van der Waals surface area contributed by atoms with Crippen LogP contribution >= 0.6 is 0 Å². The molecule has 1 aliphatic heterocycles. The van der Waals surface area contributed by atoms with E-state index < -0.39 is 0 Å². The zero-order chi connectivity index (χ0) is 19.6. The first-order valence-corrected chi connectivity index (χ1v) is 10.2. The van der Waals surface area contributed by atoms with Crippen LogP contribution in [0.3, 0.4) is 0 Å². The Morgan fingerprint density at radius 1 is 0.964 bits per heavy atom. The van der Waals surface area contributed by atoms with E-state index >= 15 is 0 Å². The van der Waals surface area contributed by atoms with Crippen molar-refractivity contribution in [3.05, 3.63) is 66.5 Å². The van der Waals surface area contributed by atoms with E-state index in [9.17, 15) is 0 Å². The molecule has 0 spiro atoms. The Morgan fingerprint density at radius 3 is 2.43 bits per heavy atom. The molecule has 2 aromatic carbocycles. The highest BCUT2D eigenvalue weighted by molar-refractivity contribution is 5.54. The number of ether oxygens (including phenoxy) is 2. The summed E-state index contributed by atoms with van der Waals surface area (Å²) >= 11 is 0. The largest absolute Gasteiger partial charge is 0.489 e. The van der Waals surface area contributed by atoms with E-state index in [1.807, 2.05) is 18.2 Å². The lowest BCUT2D eigenvalue weighted by Gasteiger charge is -2.35. The van der Waals surface area contributed by atoms with Gasteiger partial charge in [0.05, 0.1) is 6.67 Å². The molecular weight excluding hydrogens is 348 g/mol. The quantitative estimate of drug-likeness (QED) is 0.658. The summed E-state index contributed by atoms with van der Waals surface area (Å²) in [7, 11) is 0. The summed E-state index contributed by atoms with van der Waals surface area (Å²) in [5.41, 5.74) is 2.12. The van der Waals surface area contributed by atoms with Crippen LogP contribution in [0.1, 0.15) is 45.6 Å². The molecule has 4 nitrogen and oxygen atoms in total. The normalized spacial score (nSPS) is 17.0. The second-order valence-corrected chi connectivity index (χ2v) is 8.65. The van der Waals surface area contributed by atoms with Crippen LogP contribution in [0.2, 0.25) is 0 Å². The van der Waals surface area contributed by atoms with Crippen molar-refractivity contribution < 1.29 is 9.47 Å². The fourth-order valence-electron chi connectivity index (χ4n) is 3.49. The van der Waals surface area contributed by atoms with E-state index in [2.05, 4.69) is 73.3 Å². The van der Waals surface area contributed by atoms with Gasteiger partial charge in [0.25, 0.3) is 0 Å². The Bertz CT molecular complexity index is 819. The van der Waals surface area contributed by atoms with Crippen LogP contribution in [0, 0.1) is 0 Å². The van der Waals surface area contributed by atoms with Gasteiger partial charge in [0.1, 0.15) is 23.7 Å². The van der Waals surface area contributed by atoms with E-state index in [4.69, 9.17) is 9.47 Å². The van der Waals surface area contributed by atoms with Gasteiger partial charge in [-0.15, -0.1) is 0 Å². The number of hydrogen-bond acceptors (Lipinski definition) is 4. The predicted octanol–water partition coefficient (Wildman–Crippen LogP) is 5.55. The lowest BCUT2D eigenvalue weighted by Crippen LogP contribution is -2.38. The van der Waals surface area contributed by atoms with Gasteiger partial charge in [-0.05, 0) is 69.9 Å². The van der Waals surface area contributed by atoms with Gasteiger partial charge in [-0.1, -0.05) is 18.2 Å². The summed E-state index contributed by atoms with van der Waals surface area (Å²) < 4.78 is 11.9. The van der Waals surface area contributed by atoms with Crippen LogP contribution in [0.4, 0.5) is 5.69 Å². The molecule has 148 valence electrons. The molecule has 4 rings (SSSR count). The maximum Gasteiger partial charge on any atom is 0.121 e. The third kappa shape index (κ3) is 4.61. The van der Waals surface area contributed by atoms with Gasteiger partial charge in [-0.2, -0.15) is 0 Å². The van der Waals surface area contributed by atoms with Crippen LogP contribution < -0.4 is 14.4 Å². The molecule has 0 radical (unpaired) electrons. The smallest absolute Gasteiger partial charge is 0.121 e. The van der Waals surface area contributed by atoms with Gasteiger partial charge < -0.3 is 19.3 Å². The van der Waals surface area contributed by atoms with Crippen molar-refractivity contribution in [1.82, 2.24) is 4.90 Å². The highest BCUT2D eigenvalue weighted by Gasteiger charge is 2.26. The maximum atomic E-state index is 6.03. The van der Waals surface area contributed by atoms with Crippen LogP contribution in [0.25, 0.3) is 0 Å². The molecule has 1 aliphatic carbocycles. The van der Waals surface area contributed by atoms with Gasteiger partial charge in [-0.3, -0.25) is 0 Å². The minimum Gasteiger partial charge on any atom is -0.489 e. The molecular formula is C24H30N2O2. The monoisotopic (exact) mass is 378 g/mol. The summed E-state index contributed by atoms with van der Waals surface area (Å²) in [5, 5.41) is 0. The molecule has 1 heterocycles. The highest BCUT2D eigenvalue weighted by Crippen LogP contribution is 2.30. The molecule has 0 atom stereocenters. The minimum absolute atomic E-state index is 0.184. The van der Waals surface area contributed by atoms with E-state index in [-0.39, 0.29) is 5.60 Å². The average Bonchev–Trinajstić information content (AvgIpc) is 3.08. The fraction of sp³-hybridized carbons (Fsp3) is 0.417. The summed E-state index contributed by atoms with van der Waals surface area (Å²) in [4.78, 5) is 4.72.